The van der Waals surface area contributed by atoms with Crippen molar-refractivity contribution < 1.29 is 0 Å². The minimum absolute atomic E-state index is 0.119. The standard InChI is InChI=1S/C11H13N3O/c1-2-12-9-3-5-10(6-4-9)14-8-7-13-11(14)15/h3-8,12H,2H2,1H3,(H,13,15). The van der Waals surface area contributed by atoms with Crippen LogP contribution in [-0.4, -0.2) is 16.1 Å². The van der Waals surface area contributed by atoms with Crippen LogP contribution in [0.5, 0.6) is 0 Å². The first-order valence-electron chi connectivity index (χ1n) is 4.91. The van der Waals surface area contributed by atoms with Crippen molar-refractivity contribution in [3.63, 3.8) is 0 Å². The molecule has 2 aromatic rings. The third-order valence-corrected chi connectivity index (χ3v) is 2.18. The molecule has 2 rings (SSSR count). The molecule has 0 bridgehead atoms. The van der Waals surface area contributed by atoms with Gasteiger partial charge in [0.15, 0.2) is 0 Å². The highest BCUT2D eigenvalue weighted by Crippen LogP contribution is 2.11. The van der Waals surface area contributed by atoms with Crippen LogP contribution < -0.4 is 11.0 Å². The summed E-state index contributed by atoms with van der Waals surface area (Å²) in [7, 11) is 0. The maximum absolute atomic E-state index is 11.3. The van der Waals surface area contributed by atoms with Crippen LogP contribution in [-0.2, 0) is 0 Å². The largest absolute Gasteiger partial charge is 0.385 e. The van der Waals surface area contributed by atoms with Gasteiger partial charge in [0, 0.05) is 24.6 Å². The first-order valence-corrected chi connectivity index (χ1v) is 4.91. The Balaban J connectivity index is 2.32. The van der Waals surface area contributed by atoms with E-state index < -0.39 is 0 Å². The molecular formula is C11H13N3O. The second kappa shape index (κ2) is 4.04. The van der Waals surface area contributed by atoms with Crippen molar-refractivity contribution in [2.45, 2.75) is 6.92 Å². The van der Waals surface area contributed by atoms with Crippen molar-refractivity contribution in [2.24, 2.45) is 0 Å². The number of hydrogen-bond donors (Lipinski definition) is 2. The Labute approximate surface area is 87.6 Å². The van der Waals surface area contributed by atoms with Gasteiger partial charge in [-0.2, -0.15) is 0 Å². The smallest absolute Gasteiger partial charge is 0.330 e. The average Bonchev–Trinajstić information content (AvgIpc) is 2.66. The van der Waals surface area contributed by atoms with E-state index in [2.05, 4.69) is 10.3 Å². The Morgan fingerprint density at radius 2 is 2.07 bits per heavy atom. The molecule has 15 heavy (non-hydrogen) atoms. The molecule has 0 radical (unpaired) electrons. The maximum atomic E-state index is 11.3. The number of H-pyrrole nitrogens is 1. The molecule has 0 aliphatic rings. The van der Waals surface area contributed by atoms with Crippen LogP contribution in [0.4, 0.5) is 5.69 Å². The molecule has 0 aliphatic carbocycles. The fourth-order valence-electron chi connectivity index (χ4n) is 1.47. The van der Waals surface area contributed by atoms with Gasteiger partial charge in [0.05, 0.1) is 5.69 Å². The molecule has 0 saturated carbocycles. The first kappa shape index (κ1) is 9.58. The van der Waals surface area contributed by atoms with Gasteiger partial charge in [-0.15, -0.1) is 0 Å². The highest BCUT2D eigenvalue weighted by molar-refractivity contribution is 5.48. The fourth-order valence-corrected chi connectivity index (χ4v) is 1.47. The maximum Gasteiger partial charge on any atom is 0.330 e. The van der Waals surface area contributed by atoms with E-state index in [0.29, 0.717) is 0 Å². The van der Waals surface area contributed by atoms with Crippen molar-refractivity contribution in [3.8, 4) is 5.69 Å². The zero-order valence-electron chi connectivity index (χ0n) is 8.53. The molecule has 78 valence electrons. The normalized spacial score (nSPS) is 10.2. The molecule has 0 unspecified atom stereocenters. The zero-order chi connectivity index (χ0) is 10.7. The number of rotatable bonds is 3. The van der Waals surface area contributed by atoms with E-state index in [9.17, 15) is 4.79 Å². The lowest BCUT2D eigenvalue weighted by Gasteiger charge is -2.04. The Bertz CT molecular complexity index is 481. The highest BCUT2D eigenvalue weighted by atomic mass is 16.1. The summed E-state index contributed by atoms with van der Waals surface area (Å²) in [6, 6.07) is 7.73. The lowest BCUT2D eigenvalue weighted by atomic mass is 10.3. The van der Waals surface area contributed by atoms with Crippen molar-refractivity contribution in [1.29, 1.82) is 0 Å². The average molecular weight is 203 g/mol. The van der Waals surface area contributed by atoms with Crippen molar-refractivity contribution in [3.05, 3.63) is 47.1 Å². The Morgan fingerprint density at radius 1 is 1.33 bits per heavy atom. The summed E-state index contributed by atoms with van der Waals surface area (Å²) in [5, 5.41) is 3.20. The number of aromatic nitrogens is 2. The minimum Gasteiger partial charge on any atom is -0.385 e. The number of nitrogens with one attached hydrogen (secondary N) is 2. The van der Waals surface area contributed by atoms with E-state index in [1.165, 1.54) is 0 Å². The number of anilines is 1. The summed E-state index contributed by atoms with van der Waals surface area (Å²) in [6.45, 7) is 2.94. The van der Waals surface area contributed by atoms with E-state index in [1.807, 2.05) is 31.2 Å². The molecule has 0 fully saturated rings. The van der Waals surface area contributed by atoms with Gasteiger partial charge in [0.1, 0.15) is 0 Å². The zero-order valence-corrected chi connectivity index (χ0v) is 8.53. The number of hydrogen-bond acceptors (Lipinski definition) is 2. The van der Waals surface area contributed by atoms with Gasteiger partial charge >= 0.3 is 5.69 Å². The van der Waals surface area contributed by atoms with Gasteiger partial charge in [-0.05, 0) is 31.2 Å². The lowest BCUT2D eigenvalue weighted by Crippen LogP contribution is -2.13. The van der Waals surface area contributed by atoms with Crippen LogP contribution in [0.25, 0.3) is 5.69 Å². The topological polar surface area (TPSA) is 49.8 Å². The Morgan fingerprint density at radius 3 is 2.60 bits per heavy atom. The number of aromatic amines is 1. The monoisotopic (exact) mass is 203 g/mol. The quantitative estimate of drug-likeness (QED) is 0.796. The third-order valence-electron chi connectivity index (χ3n) is 2.18. The minimum atomic E-state index is -0.119. The van der Waals surface area contributed by atoms with Gasteiger partial charge in [-0.25, -0.2) is 4.79 Å². The van der Waals surface area contributed by atoms with E-state index in [0.717, 1.165) is 17.9 Å². The van der Waals surface area contributed by atoms with Crippen LogP contribution in [0.3, 0.4) is 0 Å². The predicted octanol–water partition coefficient (Wildman–Crippen LogP) is 1.60. The molecule has 0 atom stereocenters. The molecule has 2 N–H and O–H groups in total. The fraction of sp³-hybridized carbons (Fsp3) is 0.182. The van der Waals surface area contributed by atoms with Gasteiger partial charge in [0.2, 0.25) is 0 Å². The van der Waals surface area contributed by atoms with Gasteiger partial charge in [-0.1, -0.05) is 0 Å². The summed E-state index contributed by atoms with van der Waals surface area (Å²) in [5.74, 6) is 0. The van der Waals surface area contributed by atoms with E-state index in [1.54, 1.807) is 17.0 Å². The first-order chi connectivity index (χ1) is 7.31. The summed E-state index contributed by atoms with van der Waals surface area (Å²) in [5.41, 5.74) is 1.80. The van der Waals surface area contributed by atoms with E-state index >= 15 is 0 Å². The second-order valence-corrected chi connectivity index (χ2v) is 3.21. The number of nitrogens with zero attached hydrogens (tertiary/aromatic N) is 1. The van der Waals surface area contributed by atoms with Crippen LogP contribution in [0, 0.1) is 0 Å². The van der Waals surface area contributed by atoms with Gasteiger partial charge < -0.3 is 10.3 Å². The third kappa shape index (κ3) is 1.93. The summed E-state index contributed by atoms with van der Waals surface area (Å²) >= 11 is 0. The van der Waals surface area contributed by atoms with Gasteiger partial charge in [0.25, 0.3) is 0 Å². The van der Waals surface area contributed by atoms with Crippen LogP contribution in [0.1, 0.15) is 6.92 Å². The van der Waals surface area contributed by atoms with E-state index in [-0.39, 0.29) is 5.69 Å². The number of imidazole rings is 1. The molecule has 0 amide bonds. The Hall–Kier alpha value is -1.97. The van der Waals surface area contributed by atoms with E-state index in [4.69, 9.17) is 0 Å². The van der Waals surface area contributed by atoms with Crippen LogP contribution in [0.2, 0.25) is 0 Å². The van der Waals surface area contributed by atoms with Crippen molar-refractivity contribution in [2.75, 3.05) is 11.9 Å². The van der Waals surface area contributed by atoms with Crippen LogP contribution in [0.15, 0.2) is 41.5 Å². The highest BCUT2D eigenvalue weighted by Gasteiger charge is 1.98. The molecule has 1 aromatic carbocycles. The molecule has 0 saturated heterocycles. The van der Waals surface area contributed by atoms with Gasteiger partial charge in [-0.3, -0.25) is 4.57 Å². The predicted molar refractivity (Wildman–Crippen MR) is 60.6 cm³/mol. The summed E-state index contributed by atoms with van der Waals surface area (Å²) in [6.07, 6.45) is 3.34. The molecule has 1 aromatic heterocycles. The molecule has 0 aliphatic heterocycles. The van der Waals surface area contributed by atoms with Crippen LogP contribution >= 0.6 is 0 Å². The molecule has 0 spiro atoms. The lowest BCUT2D eigenvalue weighted by molar-refractivity contribution is 0.987. The summed E-state index contributed by atoms with van der Waals surface area (Å²) in [4.78, 5) is 13.9. The number of benzene rings is 1. The Kier molecular flexibility index (Phi) is 2.58. The SMILES string of the molecule is CCNc1ccc(-n2cc[nH]c2=O)cc1. The van der Waals surface area contributed by atoms with Crippen molar-refractivity contribution in [1.82, 2.24) is 9.55 Å². The molecule has 1 heterocycles. The van der Waals surface area contributed by atoms with Crippen molar-refractivity contribution >= 4 is 5.69 Å². The molecule has 4 heteroatoms. The molecular weight excluding hydrogens is 190 g/mol. The summed E-state index contributed by atoms with van der Waals surface area (Å²) < 4.78 is 1.57. The molecule has 4 nitrogen and oxygen atoms in total. The second-order valence-electron chi connectivity index (χ2n) is 3.21.